The topological polar surface area (TPSA) is 70.2 Å². The molecule has 0 spiro atoms. The van der Waals surface area contributed by atoms with Gasteiger partial charge in [-0.1, -0.05) is 6.07 Å². The predicted octanol–water partition coefficient (Wildman–Crippen LogP) is 1.50. The summed E-state index contributed by atoms with van der Waals surface area (Å²) in [5, 5.41) is 8.16. The number of carboxylic acids is 1. The zero-order valence-corrected chi connectivity index (χ0v) is 7.75. The Balaban J connectivity index is 3.03. The molecule has 2 N–H and O–H groups in total. The molecule has 0 fully saturated rings. The third kappa shape index (κ3) is 1.35. The number of fused-ring (bicyclic) bond motifs is 1. The highest BCUT2D eigenvalue weighted by Crippen LogP contribution is 2.14. The predicted molar refractivity (Wildman–Crippen MR) is 51.4 cm³/mol. The lowest BCUT2D eigenvalue weighted by atomic mass is 10.1. The fourth-order valence-corrected chi connectivity index (χ4v) is 1.46. The Hall–Kier alpha value is -2.24. The van der Waals surface area contributed by atoms with Crippen LogP contribution < -0.4 is 5.43 Å². The quantitative estimate of drug-likeness (QED) is 0.722. The van der Waals surface area contributed by atoms with Crippen LogP contribution in [-0.4, -0.2) is 16.1 Å². The molecule has 0 amide bonds. The van der Waals surface area contributed by atoms with E-state index in [0.717, 1.165) is 6.07 Å². The molecule has 2 aromatic rings. The Bertz CT molecular complexity index is 648. The zero-order valence-electron chi connectivity index (χ0n) is 7.75. The van der Waals surface area contributed by atoms with Crippen molar-refractivity contribution < 1.29 is 18.7 Å². The van der Waals surface area contributed by atoms with Crippen molar-refractivity contribution in [3.8, 4) is 0 Å². The van der Waals surface area contributed by atoms with E-state index < -0.39 is 34.1 Å². The summed E-state index contributed by atoms with van der Waals surface area (Å²) in [6.07, 6.45) is 0. The normalized spacial score (nSPS) is 10.6. The first-order chi connectivity index (χ1) is 7.52. The minimum absolute atomic E-state index is 0.0764. The number of aromatic amines is 1. The number of nitrogens with one attached hydrogen (secondary N) is 1. The molecule has 0 bridgehead atoms. The minimum atomic E-state index is -1.73. The van der Waals surface area contributed by atoms with Crippen LogP contribution in [0, 0.1) is 11.8 Å². The number of aromatic carboxylic acids is 1. The van der Waals surface area contributed by atoms with E-state index in [0.29, 0.717) is 0 Å². The number of hydrogen-bond donors (Lipinski definition) is 2. The Morgan fingerprint density at radius 2 is 2.00 bits per heavy atom. The summed E-state index contributed by atoms with van der Waals surface area (Å²) < 4.78 is 26.5. The van der Waals surface area contributed by atoms with Gasteiger partial charge in [0.15, 0.2) is 5.56 Å². The van der Waals surface area contributed by atoms with Crippen LogP contribution in [0.1, 0.15) is 10.4 Å². The third-order valence-electron chi connectivity index (χ3n) is 2.15. The highest BCUT2D eigenvalue weighted by atomic mass is 19.1. The van der Waals surface area contributed by atoms with Gasteiger partial charge < -0.3 is 10.1 Å². The Morgan fingerprint density at radius 3 is 2.62 bits per heavy atom. The van der Waals surface area contributed by atoms with Crippen LogP contribution in [0.2, 0.25) is 0 Å². The smallest absolute Gasteiger partial charge is 0.344 e. The van der Waals surface area contributed by atoms with E-state index in [1.54, 1.807) is 0 Å². The number of carboxylic acid groups (broad SMARTS) is 1. The fourth-order valence-electron chi connectivity index (χ4n) is 1.46. The van der Waals surface area contributed by atoms with Crippen LogP contribution in [0.15, 0.2) is 23.0 Å². The van der Waals surface area contributed by atoms with Crippen molar-refractivity contribution in [1.82, 2.24) is 4.98 Å². The van der Waals surface area contributed by atoms with Crippen molar-refractivity contribution in [2.75, 3.05) is 0 Å². The number of pyridine rings is 1. The highest BCUT2D eigenvalue weighted by Gasteiger charge is 2.19. The van der Waals surface area contributed by atoms with Crippen LogP contribution >= 0.6 is 0 Å². The second-order valence-corrected chi connectivity index (χ2v) is 3.11. The maximum absolute atomic E-state index is 13.3. The van der Waals surface area contributed by atoms with Gasteiger partial charge in [-0.25, -0.2) is 9.18 Å². The first-order valence-corrected chi connectivity index (χ1v) is 4.25. The van der Waals surface area contributed by atoms with Crippen LogP contribution in [-0.2, 0) is 0 Å². The van der Waals surface area contributed by atoms with Crippen LogP contribution in [0.3, 0.4) is 0 Å². The number of halogens is 2. The van der Waals surface area contributed by atoms with E-state index in [1.165, 1.54) is 12.1 Å². The Labute approximate surface area is 87.1 Å². The second-order valence-electron chi connectivity index (χ2n) is 3.11. The molecule has 0 aliphatic rings. The average Bonchev–Trinajstić information content (AvgIpc) is 2.15. The number of hydrogen-bond acceptors (Lipinski definition) is 2. The van der Waals surface area contributed by atoms with Gasteiger partial charge in [-0.3, -0.25) is 4.79 Å². The van der Waals surface area contributed by atoms with Gasteiger partial charge in [-0.15, -0.1) is 0 Å². The maximum atomic E-state index is 13.3. The van der Waals surface area contributed by atoms with Crippen LogP contribution in [0.25, 0.3) is 10.9 Å². The maximum Gasteiger partial charge on any atom is 0.344 e. The molecule has 2 rings (SSSR count). The van der Waals surface area contributed by atoms with Gasteiger partial charge in [0.2, 0.25) is 11.4 Å². The van der Waals surface area contributed by atoms with Gasteiger partial charge in [-0.2, -0.15) is 4.39 Å². The molecule has 6 heteroatoms. The van der Waals surface area contributed by atoms with E-state index in [2.05, 4.69) is 0 Å². The third-order valence-corrected chi connectivity index (χ3v) is 2.15. The molecule has 0 aliphatic heterocycles. The number of carbonyl (C=O) groups is 1. The molecule has 1 aromatic heterocycles. The molecule has 1 aromatic carbocycles. The molecule has 16 heavy (non-hydrogen) atoms. The molecule has 0 atom stereocenters. The van der Waals surface area contributed by atoms with E-state index in [4.69, 9.17) is 5.11 Å². The van der Waals surface area contributed by atoms with Gasteiger partial charge >= 0.3 is 5.97 Å². The molecule has 0 aliphatic carbocycles. The second kappa shape index (κ2) is 3.41. The monoisotopic (exact) mass is 225 g/mol. The lowest BCUT2D eigenvalue weighted by Gasteiger charge is -2.02. The summed E-state index contributed by atoms with van der Waals surface area (Å²) in [4.78, 5) is 24.2. The Morgan fingerprint density at radius 1 is 1.31 bits per heavy atom. The van der Waals surface area contributed by atoms with Crippen molar-refractivity contribution in [2.45, 2.75) is 0 Å². The molecule has 82 valence electrons. The van der Waals surface area contributed by atoms with E-state index in [1.807, 2.05) is 4.98 Å². The first-order valence-electron chi connectivity index (χ1n) is 4.25. The molecular weight excluding hydrogens is 220 g/mol. The summed E-state index contributed by atoms with van der Waals surface area (Å²) in [6, 6.07) is 3.57. The Kier molecular flexibility index (Phi) is 2.19. The molecule has 4 nitrogen and oxygen atoms in total. The van der Waals surface area contributed by atoms with E-state index >= 15 is 0 Å². The summed E-state index contributed by atoms with van der Waals surface area (Å²) in [7, 11) is 0. The summed E-state index contributed by atoms with van der Waals surface area (Å²) >= 11 is 0. The number of rotatable bonds is 1. The number of benzene rings is 1. The van der Waals surface area contributed by atoms with Gasteiger partial charge in [0, 0.05) is 0 Å². The fraction of sp³-hybridized carbons (Fsp3) is 0. The molecular formula is C10H5F2NO3. The van der Waals surface area contributed by atoms with Crippen molar-refractivity contribution in [1.29, 1.82) is 0 Å². The van der Waals surface area contributed by atoms with Crippen LogP contribution in [0.5, 0.6) is 0 Å². The highest BCUT2D eigenvalue weighted by molar-refractivity contribution is 5.92. The van der Waals surface area contributed by atoms with Gasteiger partial charge in [-0.05, 0) is 12.1 Å². The van der Waals surface area contributed by atoms with E-state index in [9.17, 15) is 18.4 Å². The molecule has 0 saturated heterocycles. The van der Waals surface area contributed by atoms with Gasteiger partial charge in [0.05, 0.1) is 10.9 Å². The number of H-pyrrole nitrogens is 1. The molecule has 1 heterocycles. The minimum Gasteiger partial charge on any atom is -0.477 e. The van der Waals surface area contributed by atoms with Crippen molar-refractivity contribution >= 4 is 16.9 Å². The number of aromatic nitrogens is 1. The van der Waals surface area contributed by atoms with Gasteiger partial charge in [0.1, 0.15) is 5.82 Å². The first kappa shape index (κ1) is 10.3. The molecule has 0 unspecified atom stereocenters. The van der Waals surface area contributed by atoms with E-state index in [-0.39, 0.29) is 5.52 Å². The zero-order chi connectivity index (χ0) is 11.9. The molecule has 0 radical (unpaired) electrons. The SMILES string of the molecule is O=C(O)c1c(F)[nH]c2cccc(F)c2c1=O. The molecule has 0 saturated carbocycles. The summed E-state index contributed by atoms with van der Waals surface area (Å²) in [5.74, 6) is -3.90. The van der Waals surface area contributed by atoms with Crippen LogP contribution in [0.4, 0.5) is 8.78 Å². The summed E-state index contributed by atoms with van der Waals surface area (Å²) in [5.41, 5.74) is -2.33. The van der Waals surface area contributed by atoms with Crippen molar-refractivity contribution in [3.05, 3.63) is 45.8 Å². The van der Waals surface area contributed by atoms with Gasteiger partial charge in [0.25, 0.3) is 0 Å². The lowest BCUT2D eigenvalue weighted by Crippen LogP contribution is -2.19. The lowest BCUT2D eigenvalue weighted by molar-refractivity contribution is 0.0689. The van der Waals surface area contributed by atoms with Crippen molar-refractivity contribution in [2.24, 2.45) is 0 Å². The largest absolute Gasteiger partial charge is 0.477 e. The standard InChI is InChI=1S/C10H5F2NO3/c11-4-2-1-3-5-6(4)8(14)7(10(15)16)9(12)13-5/h1-3H,(H,13,14)(H,15,16). The average molecular weight is 225 g/mol. The summed E-state index contributed by atoms with van der Waals surface area (Å²) in [6.45, 7) is 0. The van der Waals surface area contributed by atoms with Crippen molar-refractivity contribution in [3.63, 3.8) is 0 Å².